The maximum atomic E-state index is 12.4. The first-order valence-corrected chi connectivity index (χ1v) is 8.62. The molecule has 0 unspecified atom stereocenters. The topological polar surface area (TPSA) is 62.2 Å². The SMILES string of the molecule is CC(C)[C@H](NC(=O)NC[C@@H](c1cnn(C)c1)N(C)C)c1ccccc1. The lowest BCUT2D eigenvalue weighted by Gasteiger charge is -2.26. The van der Waals surface area contributed by atoms with Crippen molar-refractivity contribution in [3.8, 4) is 0 Å². The van der Waals surface area contributed by atoms with Crippen LogP contribution in [0.2, 0.25) is 0 Å². The Bertz CT molecular complexity index is 665. The fourth-order valence-electron chi connectivity index (χ4n) is 2.89. The molecule has 2 rings (SSSR count). The molecule has 1 aromatic heterocycles. The van der Waals surface area contributed by atoms with Crippen molar-refractivity contribution in [3.63, 3.8) is 0 Å². The first kappa shape index (κ1) is 19.0. The summed E-state index contributed by atoms with van der Waals surface area (Å²) in [6.45, 7) is 4.73. The van der Waals surface area contributed by atoms with Gasteiger partial charge in [0.05, 0.1) is 18.3 Å². The molecule has 0 saturated carbocycles. The van der Waals surface area contributed by atoms with Gasteiger partial charge in [-0.2, -0.15) is 5.10 Å². The second-order valence-corrected chi connectivity index (χ2v) is 6.91. The van der Waals surface area contributed by atoms with Gasteiger partial charge in [-0.05, 0) is 25.6 Å². The molecular weight excluding hydrogens is 314 g/mol. The molecule has 0 aliphatic rings. The third kappa shape index (κ3) is 5.32. The Kier molecular flexibility index (Phi) is 6.58. The van der Waals surface area contributed by atoms with E-state index in [2.05, 4.69) is 34.5 Å². The van der Waals surface area contributed by atoms with Crippen molar-refractivity contribution in [2.75, 3.05) is 20.6 Å². The van der Waals surface area contributed by atoms with Crippen LogP contribution >= 0.6 is 0 Å². The molecule has 0 fully saturated rings. The van der Waals surface area contributed by atoms with Crippen LogP contribution < -0.4 is 10.6 Å². The van der Waals surface area contributed by atoms with Crippen molar-refractivity contribution >= 4 is 6.03 Å². The quantitative estimate of drug-likeness (QED) is 0.812. The second kappa shape index (κ2) is 8.67. The van der Waals surface area contributed by atoms with E-state index in [9.17, 15) is 4.79 Å². The number of nitrogens with zero attached hydrogens (tertiary/aromatic N) is 3. The van der Waals surface area contributed by atoms with E-state index in [1.807, 2.05) is 63.9 Å². The maximum Gasteiger partial charge on any atom is 0.315 e. The molecule has 2 atom stereocenters. The summed E-state index contributed by atoms with van der Waals surface area (Å²) in [7, 11) is 5.89. The Morgan fingerprint density at radius 3 is 2.40 bits per heavy atom. The Balaban J connectivity index is 1.98. The van der Waals surface area contributed by atoms with Crippen LogP contribution in [0.5, 0.6) is 0 Å². The lowest BCUT2D eigenvalue weighted by molar-refractivity contribution is 0.225. The molecule has 0 bridgehead atoms. The fraction of sp³-hybridized carbons (Fsp3) is 0.474. The highest BCUT2D eigenvalue weighted by molar-refractivity contribution is 5.74. The molecule has 1 aromatic carbocycles. The molecule has 6 heteroatoms. The fourth-order valence-corrected chi connectivity index (χ4v) is 2.89. The van der Waals surface area contributed by atoms with Gasteiger partial charge in [0, 0.05) is 25.4 Å². The van der Waals surface area contributed by atoms with E-state index in [1.54, 1.807) is 4.68 Å². The number of benzene rings is 1. The van der Waals surface area contributed by atoms with Crippen molar-refractivity contribution in [1.29, 1.82) is 0 Å². The number of nitrogens with one attached hydrogen (secondary N) is 2. The maximum absolute atomic E-state index is 12.4. The van der Waals surface area contributed by atoms with Gasteiger partial charge < -0.3 is 15.5 Å². The summed E-state index contributed by atoms with van der Waals surface area (Å²) in [5.74, 6) is 0.302. The molecule has 0 spiro atoms. The standard InChI is InChI=1S/C19H29N5O/c1-14(2)18(15-9-7-6-8-10-15)22-19(25)20-12-17(23(3)4)16-11-21-24(5)13-16/h6-11,13-14,17-18H,12H2,1-5H3,(H2,20,22,25)/t17-,18-/m0/s1. The van der Waals surface area contributed by atoms with Crippen LogP contribution in [-0.4, -0.2) is 41.4 Å². The number of carbonyl (C=O) groups is 1. The Morgan fingerprint density at radius 2 is 1.88 bits per heavy atom. The largest absolute Gasteiger partial charge is 0.336 e. The van der Waals surface area contributed by atoms with Gasteiger partial charge in [0.25, 0.3) is 0 Å². The van der Waals surface area contributed by atoms with Crippen molar-refractivity contribution in [1.82, 2.24) is 25.3 Å². The van der Waals surface area contributed by atoms with Crippen molar-refractivity contribution in [2.24, 2.45) is 13.0 Å². The van der Waals surface area contributed by atoms with E-state index in [0.717, 1.165) is 11.1 Å². The van der Waals surface area contributed by atoms with Crippen LogP contribution in [-0.2, 0) is 7.05 Å². The molecule has 6 nitrogen and oxygen atoms in total. The molecule has 136 valence electrons. The summed E-state index contributed by atoms with van der Waals surface area (Å²) in [6.07, 6.45) is 3.82. The van der Waals surface area contributed by atoms with E-state index in [4.69, 9.17) is 0 Å². The van der Waals surface area contributed by atoms with Gasteiger partial charge in [-0.15, -0.1) is 0 Å². The van der Waals surface area contributed by atoms with Gasteiger partial charge in [-0.25, -0.2) is 4.79 Å². The number of hydrogen-bond donors (Lipinski definition) is 2. The molecule has 1 heterocycles. The van der Waals surface area contributed by atoms with E-state index in [1.165, 1.54) is 0 Å². The van der Waals surface area contributed by atoms with Gasteiger partial charge in [0.2, 0.25) is 0 Å². The third-order valence-corrected chi connectivity index (χ3v) is 4.30. The Hall–Kier alpha value is -2.34. The molecule has 0 radical (unpaired) electrons. The second-order valence-electron chi connectivity index (χ2n) is 6.91. The van der Waals surface area contributed by atoms with Crippen LogP contribution in [0.3, 0.4) is 0 Å². The van der Waals surface area contributed by atoms with E-state index in [0.29, 0.717) is 12.5 Å². The summed E-state index contributed by atoms with van der Waals surface area (Å²) in [5.41, 5.74) is 2.19. The molecule has 2 N–H and O–H groups in total. The number of likely N-dealkylation sites (N-methyl/N-ethyl adjacent to an activating group) is 1. The summed E-state index contributed by atoms with van der Waals surface area (Å²) in [5, 5.41) is 10.3. The summed E-state index contributed by atoms with van der Waals surface area (Å²) >= 11 is 0. The molecule has 2 aromatic rings. The minimum Gasteiger partial charge on any atom is -0.336 e. The molecule has 0 saturated heterocycles. The first-order chi connectivity index (χ1) is 11.9. The van der Waals surface area contributed by atoms with Crippen molar-refractivity contribution in [2.45, 2.75) is 25.9 Å². The van der Waals surface area contributed by atoms with Gasteiger partial charge in [-0.3, -0.25) is 4.68 Å². The molecule has 25 heavy (non-hydrogen) atoms. The lowest BCUT2D eigenvalue weighted by atomic mass is 9.96. The monoisotopic (exact) mass is 343 g/mol. The van der Waals surface area contributed by atoms with E-state index >= 15 is 0 Å². The van der Waals surface area contributed by atoms with Gasteiger partial charge in [-0.1, -0.05) is 44.2 Å². The van der Waals surface area contributed by atoms with Crippen LogP contribution in [0.25, 0.3) is 0 Å². The van der Waals surface area contributed by atoms with Crippen molar-refractivity contribution < 1.29 is 4.79 Å². The number of aryl methyl sites for hydroxylation is 1. The van der Waals surface area contributed by atoms with Crippen LogP contribution in [0, 0.1) is 5.92 Å². The zero-order chi connectivity index (χ0) is 18.4. The average Bonchev–Trinajstić information content (AvgIpc) is 2.99. The minimum atomic E-state index is -0.154. The predicted molar refractivity (Wildman–Crippen MR) is 100 cm³/mol. The highest BCUT2D eigenvalue weighted by Crippen LogP contribution is 2.21. The lowest BCUT2D eigenvalue weighted by Crippen LogP contribution is -2.43. The van der Waals surface area contributed by atoms with Crippen molar-refractivity contribution in [3.05, 3.63) is 53.9 Å². The molecule has 2 amide bonds. The molecular formula is C19H29N5O. The highest BCUT2D eigenvalue weighted by Gasteiger charge is 2.20. The number of carbonyl (C=O) groups excluding carboxylic acids is 1. The summed E-state index contributed by atoms with van der Waals surface area (Å²) < 4.78 is 1.77. The van der Waals surface area contributed by atoms with Crippen LogP contribution in [0.4, 0.5) is 4.79 Å². The van der Waals surface area contributed by atoms with Crippen LogP contribution in [0.15, 0.2) is 42.7 Å². The zero-order valence-corrected chi connectivity index (χ0v) is 15.7. The molecule has 0 aliphatic carbocycles. The highest BCUT2D eigenvalue weighted by atomic mass is 16.2. The van der Waals surface area contributed by atoms with E-state index < -0.39 is 0 Å². The number of amides is 2. The van der Waals surface area contributed by atoms with Crippen LogP contribution in [0.1, 0.15) is 37.1 Å². The van der Waals surface area contributed by atoms with Gasteiger partial charge >= 0.3 is 6.03 Å². The average molecular weight is 343 g/mol. The normalized spacial score (nSPS) is 13.7. The Labute approximate surface area is 150 Å². The summed E-state index contributed by atoms with van der Waals surface area (Å²) in [4.78, 5) is 14.5. The predicted octanol–water partition coefficient (Wildman–Crippen LogP) is 2.72. The van der Waals surface area contributed by atoms with Gasteiger partial charge in [0.1, 0.15) is 0 Å². The smallest absolute Gasteiger partial charge is 0.315 e. The summed E-state index contributed by atoms with van der Waals surface area (Å²) in [6, 6.07) is 9.97. The Morgan fingerprint density at radius 1 is 1.20 bits per heavy atom. The molecule has 0 aliphatic heterocycles. The number of aromatic nitrogens is 2. The minimum absolute atomic E-state index is 0.0163. The number of hydrogen-bond acceptors (Lipinski definition) is 3. The third-order valence-electron chi connectivity index (χ3n) is 4.30. The first-order valence-electron chi connectivity index (χ1n) is 8.62. The van der Waals surface area contributed by atoms with E-state index in [-0.39, 0.29) is 18.1 Å². The zero-order valence-electron chi connectivity index (χ0n) is 15.7. The number of rotatable bonds is 7. The van der Waals surface area contributed by atoms with Gasteiger partial charge in [0.15, 0.2) is 0 Å². The number of urea groups is 1.